The predicted octanol–water partition coefficient (Wildman–Crippen LogP) is 0.417. The average Bonchev–Trinajstić information content (AvgIpc) is 2.79. The minimum absolute atomic E-state index is 0.641. The van der Waals surface area contributed by atoms with E-state index in [2.05, 4.69) is 29.7 Å². The fourth-order valence-electron chi connectivity index (χ4n) is 2.31. The highest BCUT2D eigenvalue weighted by molar-refractivity contribution is 5.59. The van der Waals surface area contributed by atoms with Gasteiger partial charge >= 0.3 is 0 Å². The fraction of sp³-hybridized carbons (Fsp3) is 0.417. The first-order valence-electron chi connectivity index (χ1n) is 6.33. The Morgan fingerprint density at radius 2 is 1.74 bits per heavy atom. The van der Waals surface area contributed by atoms with Crippen LogP contribution in [-0.2, 0) is 0 Å². The van der Waals surface area contributed by atoms with Crippen LogP contribution in [0.2, 0.25) is 0 Å². The van der Waals surface area contributed by atoms with Gasteiger partial charge < -0.3 is 20.5 Å². The molecular weight excluding hydrogens is 242 g/mol. The Kier molecular flexibility index (Phi) is 2.94. The molecule has 7 heteroatoms. The number of piperazine rings is 1. The van der Waals surface area contributed by atoms with Crippen molar-refractivity contribution in [2.75, 3.05) is 41.7 Å². The molecule has 3 rings (SSSR count). The maximum Gasteiger partial charge on any atom is 0.225 e. The van der Waals surface area contributed by atoms with Gasteiger partial charge in [-0.15, -0.1) is 0 Å². The predicted molar refractivity (Wildman–Crippen MR) is 74.2 cm³/mol. The molecule has 3 heterocycles. The highest BCUT2D eigenvalue weighted by atomic mass is 15.3. The van der Waals surface area contributed by atoms with Crippen molar-refractivity contribution in [2.45, 2.75) is 6.92 Å². The number of hydrogen-bond donors (Lipinski definition) is 2. The normalized spacial score (nSPS) is 15.8. The molecular formula is C12H17N7. The first-order valence-corrected chi connectivity index (χ1v) is 6.33. The number of nitrogen functional groups attached to an aromatic ring is 1. The molecule has 0 radical (unpaired) electrons. The van der Waals surface area contributed by atoms with Crippen LogP contribution in [0.25, 0.3) is 0 Å². The molecule has 0 aromatic carbocycles. The zero-order chi connectivity index (χ0) is 13.2. The smallest absolute Gasteiger partial charge is 0.225 e. The molecule has 1 aliphatic heterocycles. The van der Waals surface area contributed by atoms with Gasteiger partial charge in [-0.3, -0.25) is 0 Å². The van der Waals surface area contributed by atoms with Crippen LogP contribution in [0.4, 0.5) is 17.6 Å². The summed E-state index contributed by atoms with van der Waals surface area (Å²) in [5, 5.41) is 0. The van der Waals surface area contributed by atoms with E-state index < -0.39 is 0 Å². The van der Waals surface area contributed by atoms with Crippen LogP contribution in [0.15, 0.2) is 18.5 Å². The summed E-state index contributed by atoms with van der Waals surface area (Å²) < 4.78 is 0. The quantitative estimate of drug-likeness (QED) is 0.812. The molecule has 1 aliphatic rings. The number of aryl methyl sites for hydroxylation is 1. The number of nitrogens with one attached hydrogen (secondary N) is 1. The second kappa shape index (κ2) is 4.75. The number of anilines is 3. The number of imidazole rings is 1. The SMILES string of the molecule is Cc1nc(N2CCN(c3ncccn3)CC2)c(N)[nH]1. The Morgan fingerprint density at radius 1 is 1.11 bits per heavy atom. The summed E-state index contributed by atoms with van der Waals surface area (Å²) in [5.74, 6) is 3.13. The largest absolute Gasteiger partial charge is 0.382 e. The first-order chi connectivity index (χ1) is 9.24. The number of nitrogens with two attached hydrogens (primary N) is 1. The molecule has 100 valence electrons. The number of rotatable bonds is 2. The average molecular weight is 259 g/mol. The van der Waals surface area contributed by atoms with E-state index in [4.69, 9.17) is 5.73 Å². The van der Waals surface area contributed by atoms with Crippen molar-refractivity contribution in [3.63, 3.8) is 0 Å². The Bertz CT molecular complexity index is 542. The molecule has 2 aromatic heterocycles. The van der Waals surface area contributed by atoms with Gasteiger partial charge in [-0.25, -0.2) is 15.0 Å². The Labute approximate surface area is 111 Å². The van der Waals surface area contributed by atoms with Crippen LogP contribution in [0, 0.1) is 6.92 Å². The number of H-pyrrole nitrogens is 1. The van der Waals surface area contributed by atoms with Crippen LogP contribution in [0.1, 0.15) is 5.82 Å². The van der Waals surface area contributed by atoms with Gasteiger partial charge in [-0.05, 0) is 13.0 Å². The van der Waals surface area contributed by atoms with E-state index in [1.165, 1.54) is 0 Å². The van der Waals surface area contributed by atoms with Crippen LogP contribution < -0.4 is 15.5 Å². The number of nitrogens with zero attached hydrogens (tertiary/aromatic N) is 5. The number of aromatic amines is 1. The van der Waals surface area contributed by atoms with Crippen molar-refractivity contribution in [2.24, 2.45) is 0 Å². The molecule has 7 nitrogen and oxygen atoms in total. The van der Waals surface area contributed by atoms with E-state index >= 15 is 0 Å². The molecule has 0 atom stereocenters. The van der Waals surface area contributed by atoms with E-state index in [1.807, 2.05) is 13.0 Å². The topological polar surface area (TPSA) is 87.0 Å². The van der Waals surface area contributed by atoms with Crippen molar-refractivity contribution in [1.29, 1.82) is 0 Å². The summed E-state index contributed by atoms with van der Waals surface area (Å²) in [6.07, 6.45) is 3.54. The lowest BCUT2D eigenvalue weighted by Crippen LogP contribution is -2.47. The van der Waals surface area contributed by atoms with E-state index in [0.717, 1.165) is 43.8 Å². The van der Waals surface area contributed by atoms with Gasteiger partial charge in [0.1, 0.15) is 11.6 Å². The molecule has 0 aliphatic carbocycles. The van der Waals surface area contributed by atoms with Crippen LogP contribution >= 0.6 is 0 Å². The minimum atomic E-state index is 0.641. The third-order valence-corrected chi connectivity index (χ3v) is 3.24. The summed E-state index contributed by atoms with van der Waals surface area (Å²) in [6, 6.07) is 1.83. The van der Waals surface area contributed by atoms with Crippen molar-refractivity contribution in [1.82, 2.24) is 19.9 Å². The van der Waals surface area contributed by atoms with Gasteiger partial charge in [0.15, 0.2) is 5.82 Å². The Morgan fingerprint density at radius 3 is 2.32 bits per heavy atom. The lowest BCUT2D eigenvalue weighted by Gasteiger charge is -2.34. The second-order valence-electron chi connectivity index (χ2n) is 4.58. The third kappa shape index (κ3) is 2.31. The molecule has 2 aromatic rings. The van der Waals surface area contributed by atoms with Crippen LogP contribution in [-0.4, -0.2) is 46.1 Å². The highest BCUT2D eigenvalue weighted by Crippen LogP contribution is 2.21. The van der Waals surface area contributed by atoms with Crippen LogP contribution in [0.3, 0.4) is 0 Å². The molecule has 0 amide bonds. The van der Waals surface area contributed by atoms with Crippen molar-refractivity contribution < 1.29 is 0 Å². The highest BCUT2D eigenvalue weighted by Gasteiger charge is 2.22. The van der Waals surface area contributed by atoms with Gasteiger partial charge in [0, 0.05) is 38.6 Å². The van der Waals surface area contributed by atoms with Gasteiger partial charge in [-0.1, -0.05) is 0 Å². The van der Waals surface area contributed by atoms with E-state index in [1.54, 1.807) is 12.4 Å². The lowest BCUT2D eigenvalue weighted by atomic mass is 10.3. The lowest BCUT2D eigenvalue weighted by molar-refractivity contribution is 0.636. The maximum absolute atomic E-state index is 5.92. The Hall–Kier alpha value is -2.31. The Balaban J connectivity index is 1.68. The summed E-state index contributed by atoms with van der Waals surface area (Å²) in [7, 11) is 0. The molecule has 19 heavy (non-hydrogen) atoms. The van der Waals surface area contributed by atoms with Crippen molar-refractivity contribution in [3.05, 3.63) is 24.3 Å². The molecule has 0 bridgehead atoms. The molecule has 0 spiro atoms. The summed E-state index contributed by atoms with van der Waals surface area (Å²) in [5.41, 5.74) is 5.92. The monoisotopic (exact) mass is 259 g/mol. The first kappa shape index (κ1) is 11.8. The van der Waals surface area contributed by atoms with Gasteiger partial charge in [0.05, 0.1) is 0 Å². The number of hydrogen-bond acceptors (Lipinski definition) is 6. The van der Waals surface area contributed by atoms with E-state index in [9.17, 15) is 0 Å². The molecule has 1 saturated heterocycles. The summed E-state index contributed by atoms with van der Waals surface area (Å²) >= 11 is 0. The number of aromatic nitrogens is 4. The molecule has 1 fully saturated rings. The summed E-state index contributed by atoms with van der Waals surface area (Å²) in [6.45, 7) is 5.39. The molecule has 3 N–H and O–H groups in total. The van der Waals surface area contributed by atoms with Crippen LogP contribution in [0.5, 0.6) is 0 Å². The zero-order valence-electron chi connectivity index (χ0n) is 10.9. The van der Waals surface area contributed by atoms with Gasteiger partial charge in [0.25, 0.3) is 0 Å². The van der Waals surface area contributed by atoms with Crippen molar-refractivity contribution >= 4 is 17.6 Å². The summed E-state index contributed by atoms with van der Waals surface area (Å²) in [4.78, 5) is 20.4. The van der Waals surface area contributed by atoms with Gasteiger partial charge in [0.2, 0.25) is 5.95 Å². The second-order valence-corrected chi connectivity index (χ2v) is 4.58. The maximum atomic E-state index is 5.92. The third-order valence-electron chi connectivity index (χ3n) is 3.24. The molecule has 0 unspecified atom stereocenters. The van der Waals surface area contributed by atoms with E-state index in [-0.39, 0.29) is 0 Å². The fourth-order valence-corrected chi connectivity index (χ4v) is 2.31. The minimum Gasteiger partial charge on any atom is -0.382 e. The van der Waals surface area contributed by atoms with E-state index in [0.29, 0.717) is 5.82 Å². The van der Waals surface area contributed by atoms with Gasteiger partial charge in [-0.2, -0.15) is 0 Å². The standard InChI is InChI=1S/C12H17N7/c1-9-16-10(13)11(17-9)18-5-7-19(8-6-18)12-14-3-2-4-15-12/h2-4H,5-8,13H2,1H3,(H,16,17). The zero-order valence-corrected chi connectivity index (χ0v) is 10.9. The molecule has 0 saturated carbocycles. The van der Waals surface area contributed by atoms with Crippen molar-refractivity contribution in [3.8, 4) is 0 Å².